The van der Waals surface area contributed by atoms with Crippen molar-refractivity contribution in [2.45, 2.75) is 18.8 Å². The van der Waals surface area contributed by atoms with E-state index in [0.717, 1.165) is 29.4 Å². The Bertz CT molecular complexity index is 753. The van der Waals surface area contributed by atoms with Crippen LogP contribution in [0.2, 0.25) is 0 Å². The normalized spacial score (nSPS) is 15.4. The first-order valence-corrected chi connectivity index (χ1v) is 9.86. The third-order valence-corrected chi connectivity index (χ3v) is 5.89. The second kappa shape index (κ2) is 8.90. The lowest BCUT2D eigenvalue weighted by molar-refractivity contribution is -0.138. The molecule has 0 spiro atoms. The van der Waals surface area contributed by atoms with Gasteiger partial charge in [0.25, 0.3) is 0 Å². The molecule has 1 fully saturated rings. The molecule has 1 aromatic carbocycles. The molecule has 2 aromatic rings. The summed E-state index contributed by atoms with van der Waals surface area (Å²) in [6.45, 7) is 2.82. The summed E-state index contributed by atoms with van der Waals surface area (Å²) in [5, 5.41) is 11.1. The average Bonchev–Trinajstić information content (AvgIpc) is 3.22. The Hall–Kier alpha value is -2.54. The molecule has 3 rings (SSSR count). The van der Waals surface area contributed by atoms with Gasteiger partial charge in [-0.2, -0.15) is 0 Å². The predicted molar refractivity (Wildman–Crippen MR) is 106 cm³/mol. The number of carbonyl (C=O) groups is 2. The molecule has 1 aliphatic rings. The molecular weight excluding hydrogens is 364 g/mol. The number of carbonyl (C=O) groups excluding carboxylic acids is 1. The molecule has 27 heavy (non-hydrogen) atoms. The largest absolute Gasteiger partial charge is 0.497 e. The molecular formula is C20H24N2O4S. The Morgan fingerprint density at radius 2 is 1.81 bits per heavy atom. The minimum absolute atomic E-state index is 0.0158. The number of ether oxygens (including phenoxy) is 1. The summed E-state index contributed by atoms with van der Waals surface area (Å²) in [4.78, 5) is 28.9. The van der Waals surface area contributed by atoms with E-state index in [1.807, 2.05) is 46.7 Å². The molecule has 0 radical (unpaired) electrons. The van der Waals surface area contributed by atoms with Crippen molar-refractivity contribution >= 4 is 28.9 Å². The van der Waals surface area contributed by atoms with Gasteiger partial charge >= 0.3 is 5.97 Å². The lowest BCUT2D eigenvalue weighted by Crippen LogP contribution is -2.49. The standard InChI is InChI=1S/C20H24N2O4S/c1-26-17-6-4-16(5-7-17)21-8-10-22(11-9-21)19(23)13-15(14-20(24)25)18-3-2-12-27-18/h2-7,12,15H,8-11,13-14H2,1H3,(H,24,25). The summed E-state index contributed by atoms with van der Waals surface area (Å²) in [6, 6.07) is 11.7. The fourth-order valence-electron chi connectivity index (χ4n) is 3.35. The van der Waals surface area contributed by atoms with E-state index < -0.39 is 5.97 Å². The van der Waals surface area contributed by atoms with Gasteiger partial charge in [-0.25, -0.2) is 0 Å². The summed E-state index contributed by atoms with van der Waals surface area (Å²) >= 11 is 1.51. The fraction of sp³-hybridized carbons (Fsp3) is 0.400. The number of carboxylic acids is 1. The highest BCUT2D eigenvalue weighted by Crippen LogP contribution is 2.29. The number of thiophene rings is 1. The Morgan fingerprint density at radius 3 is 2.37 bits per heavy atom. The summed E-state index contributed by atoms with van der Waals surface area (Å²) < 4.78 is 5.19. The lowest BCUT2D eigenvalue weighted by Gasteiger charge is -2.36. The number of nitrogens with zero attached hydrogens (tertiary/aromatic N) is 2. The average molecular weight is 388 g/mol. The first-order chi connectivity index (χ1) is 13.1. The SMILES string of the molecule is COc1ccc(N2CCN(C(=O)CC(CC(=O)O)c3cccs3)CC2)cc1. The molecule has 7 heteroatoms. The zero-order chi connectivity index (χ0) is 19.2. The van der Waals surface area contributed by atoms with Crippen LogP contribution in [-0.4, -0.2) is 55.2 Å². The van der Waals surface area contributed by atoms with Crippen LogP contribution in [0.15, 0.2) is 41.8 Å². The molecule has 1 saturated heterocycles. The van der Waals surface area contributed by atoms with Crippen LogP contribution in [0.1, 0.15) is 23.6 Å². The number of carboxylic acid groups (broad SMARTS) is 1. The number of piperazine rings is 1. The smallest absolute Gasteiger partial charge is 0.304 e. The van der Waals surface area contributed by atoms with Gasteiger partial charge in [-0.3, -0.25) is 9.59 Å². The van der Waals surface area contributed by atoms with Gasteiger partial charge in [0.1, 0.15) is 5.75 Å². The Balaban J connectivity index is 1.56. The Labute approximate surface area is 163 Å². The van der Waals surface area contributed by atoms with Gasteiger partial charge in [-0.15, -0.1) is 11.3 Å². The number of anilines is 1. The molecule has 1 amide bonds. The maximum Gasteiger partial charge on any atom is 0.304 e. The highest BCUT2D eigenvalue weighted by Gasteiger charge is 2.26. The molecule has 0 saturated carbocycles. The van der Waals surface area contributed by atoms with Crippen LogP contribution in [0.25, 0.3) is 0 Å². The van der Waals surface area contributed by atoms with E-state index in [-0.39, 0.29) is 24.7 Å². The van der Waals surface area contributed by atoms with Crippen molar-refractivity contribution in [2.24, 2.45) is 0 Å². The number of hydrogen-bond donors (Lipinski definition) is 1. The summed E-state index contributed by atoms with van der Waals surface area (Å²) in [5.41, 5.74) is 1.12. The highest BCUT2D eigenvalue weighted by atomic mass is 32.1. The van der Waals surface area contributed by atoms with Crippen molar-refractivity contribution in [2.75, 3.05) is 38.2 Å². The Kier molecular flexibility index (Phi) is 6.34. The molecule has 6 nitrogen and oxygen atoms in total. The van der Waals surface area contributed by atoms with E-state index in [4.69, 9.17) is 9.84 Å². The van der Waals surface area contributed by atoms with Gasteiger partial charge in [-0.1, -0.05) is 6.07 Å². The molecule has 1 aliphatic heterocycles. The van der Waals surface area contributed by atoms with E-state index >= 15 is 0 Å². The molecule has 1 aromatic heterocycles. The number of rotatable bonds is 7. The van der Waals surface area contributed by atoms with Crippen LogP contribution >= 0.6 is 11.3 Å². The van der Waals surface area contributed by atoms with Crippen LogP contribution < -0.4 is 9.64 Å². The number of aliphatic carboxylic acids is 1. The van der Waals surface area contributed by atoms with Crippen molar-refractivity contribution < 1.29 is 19.4 Å². The van der Waals surface area contributed by atoms with Crippen LogP contribution in [0.5, 0.6) is 5.75 Å². The third-order valence-electron chi connectivity index (χ3n) is 4.86. The summed E-state index contributed by atoms with van der Waals surface area (Å²) in [5.74, 6) is -0.269. The lowest BCUT2D eigenvalue weighted by atomic mass is 9.98. The quantitative estimate of drug-likeness (QED) is 0.789. The van der Waals surface area contributed by atoms with Gasteiger partial charge in [-0.05, 0) is 35.7 Å². The van der Waals surface area contributed by atoms with Gasteiger partial charge in [0, 0.05) is 49.1 Å². The van der Waals surface area contributed by atoms with E-state index in [1.165, 1.54) is 11.3 Å². The highest BCUT2D eigenvalue weighted by molar-refractivity contribution is 7.10. The number of methoxy groups -OCH3 is 1. The van der Waals surface area contributed by atoms with Crippen molar-refractivity contribution in [3.05, 3.63) is 46.7 Å². The molecule has 144 valence electrons. The summed E-state index contributed by atoms with van der Waals surface area (Å²) in [7, 11) is 1.65. The minimum atomic E-state index is -0.870. The minimum Gasteiger partial charge on any atom is -0.497 e. The monoisotopic (exact) mass is 388 g/mol. The molecule has 0 bridgehead atoms. The predicted octanol–water partition coefficient (Wildman–Crippen LogP) is 3.05. The second-order valence-electron chi connectivity index (χ2n) is 6.58. The fourth-order valence-corrected chi connectivity index (χ4v) is 4.19. The zero-order valence-electron chi connectivity index (χ0n) is 15.3. The molecule has 2 heterocycles. The van der Waals surface area contributed by atoms with Gasteiger partial charge in [0.05, 0.1) is 13.5 Å². The number of benzene rings is 1. The van der Waals surface area contributed by atoms with E-state index in [2.05, 4.69) is 4.90 Å². The molecule has 1 unspecified atom stereocenters. The second-order valence-corrected chi connectivity index (χ2v) is 7.56. The number of hydrogen-bond acceptors (Lipinski definition) is 5. The van der Waals surface area contributed by atoms with Crippen LogP contribution in [0.4, 0.5) is 5.69 Å². The molecule has 1 N–H and O–H groups in total. The van der Waals surface area contributed by atoms with E-state index in [0.29, 0.717) is 13.1 Å². The molecule has 0 aliphatic carbocycles. The van der Waals surface area contributed by atoms with Gasteiger partial charge < -0.3 is 19.6 Å². The van der Waals surface area contributed by atoms with Crippen molar-refractivity contribution in [1.29, 1.82) is 0 Å². The van der Waals surface area contributed by atoms with Gasteiger partial charge in [0.2, 0.25) is 5.91 Å². The van der Waals surface area contributed by atoms with Crippen LogP contribution in [0.3, 0.4) is 0 Å². The van der Waals surface area contributed by atoms with Crippen molar-refractivity contribution in [3.8, 4) is 5.75 Å². The zero-order valence-corrected chi connectivity index (χ0v) is 16.2. The van der Waals surface area contributed by atoms with Crippen molar-refractivity contribution in [3.63, 3.8) is 0 Å². The summed E-state index contributed by atoms with van der Waals surface area (Å²) in [6.07, 6.45) is 0.230. The first kappa shape index (κ1) is 19.2. The van der Waals surface area contributed by atoms with Crippen LogP contribution in [0, 0.1) is 0 Å². The van der Waals surface area contributed by atoms with E-state index in [9.17, 15) is 9.59 Å². The number of amides is 1. The topological polar surface area (TPSA) is 70.1 Å². The maximum atomic E-state index is 12.7. The van der Waals surface area contributed by atoms with Crippen molar-refractivity contribution in [1.82, 2.24) is 4.90 Å². The van der Waals surface area contributed by atoms with E-state index in [1.54, 1.807) is 7.11 Å². The maximum absolute atomic E-state index is 12.7. The van der Waals surface area contributed by atoms with Gasteiger partial charge in [0.15, 0.2) is 0 Å². The first-order valence-electron chi connectivity index (χ1n) is 8.99. The Morgan fingerprint density at radius 1 is 1.11 bits per heavy atom. The molecule has 1 atom stereocenters. The third kappa shape index (κ3) is 5.01. The van der Waals surface area contributed by atoms with Crippen LogP contribution in [-0.2, 0) is 9.59 Å².